The van der Waals surface area contributed by atoms with Gasteiger partial charge in [0, 0.05) is 12.6 Å². The quantitative estimate of drug-likeness (QED) is 0.857. The molecule has 2 aromatic carbocycles. The summed E-state index contributed by atoms with van der Waals surface area (Å²) in [5.74, 6) is 0.892. The van der Waals surface area contributed by atoms with E-state index in [9.17, 15) is 5.26 Å². The number of nitriles is 1. The average molecular weight is 292 g/mol. The monoisotopic (exact) mass is 292 g/mol. The van der Waals surface area contributed by atoms with Gasteiger partial charge in [-0.05, 0) is 48.7 Å². The van der Waals surface area contributed by atoms with Crippen molar-refractivity contribution in [3.05, 3.63) is 65.2 Å². The number of ether oxygens (including phenoxy) is 1. The van der Waals surface area contributed by atoms with E-state index in [2.05, 4.69) is 29.2 Å². The van der Waals surface area contributed by atoms with Crippen molar-refractivity contribution in [2.45, 2.75) is 25.4 Å². The van der Waals surface area contributed by atoms with Crippen LogP contribution in [0.1, 0.15) is 35.6 Å². The third-order valence-corrected chi connectivity index (χ3v) is 4.38. The minimum Gasteiger partial charge on any atom is -0.497 e. The third-order valence-electron chi connectivity index (χ3n) is 4.38. The molecule has 3 heteroatoms. The van der Waals surface area contributed by atoms with Crippen LogP contribution < -0.4 is 4.74 Å². The zero-order chi connectivity index (χ0) is 15.4. The SMILES string of the molecule is COc1ccc([C@@H]2CCCN2Cc2ccccc2C#N)cc1. The maximum absolute atomic E-state index is 9.25. The molecule has 0 saturated carbocycles. The van der Waals surface area contributed by atoms with E-state index in [1.807, 2.05) is 30.3 Å². The molecule has 0 unspecified atom stereocenters. The number of methoxy groups -OCH3 is 1. The zero-order valence-electron chi connectivity index (χ0n) is 12.8. The normalized spacial score (nSPS) is 18.1. The van der Waals surface area contributed by atoms with Crippen molar-refractivity contribution in [1.29, 1.82) is 5.26 Å². The Hall–Kier alpha value is -2.31. The Bertz CT molecular complexity index is 673. The molecule has 2 aromatic rings. The van der Waals surface area contributed by atoms with Gasteiger partial charge in [-0.1, -0.05) is 30.3 Å². The van der Waals surface area contributed by atoms with Gasteiger partial charge in [0.1, 0.15) is 5.75 Å². The van der Waals surface area contributed by atoms with Crippen molar-refractivity contribution in [1.82, 2.24) is 4.90 Å². The Labute approximate surface area is 131 Å². The van der Waals surface area contributed by atoms with Crippen molar-refractivity contribution in [3.63, 3.8) is 0 Å². The van der Waals surface area contributed by atoms with Crippen LogP contribution in [0.5, 0.6) is 5.75 Å². The summed E-state index contributed by atoms with van der Waals surface area (Å²) in [5, 5.41) is 9.25. The zero-order valence-corrected chi connectivity index (χ0v) is 12.8. The number of benzene rings is 2. The summed E-state index contributed by atoms with van der Waals surface area (Å²) in [6, 6.07) is 19.0. The molecule has 0 aromatic heterocycles. The first-order chi connectivity index (χ1) is 10.8. The van der Waals surface area contributed by atoms with Gasteiger partial charge in [-0.25, -0.2) is 0 Å². The van der Waals surface area contributed by atoms with Crippen molar-refractivity contribution in [2.75, 3.05) is 13.7 Å². The molecule has 3 nitrogen and oxygen atoms in total. The van der Waals surface area contributed by atoms with Crippen LogP contribution in [0.3, 0.4) is 0 Å². The highest BCUT2D eigenvalue weighted by atomic mass is 16.5. The minimum atomic E-state index is 0.428. The first kappa shape index (κ1) is 14.6. The fourth-order valence-corrected chi connectivity index (χ4v) is 3.20. The summed E-state index contributed by atoms with van der Waals surface area (Å²) in [6.07, 6.45) is 2.37. The Kier molecular flexibility index (Phi) is 4.41. The summed E-state index contributed by atoms with van der Waals surface area (Å²) < 4.78 is 5.23. The first-order valence-corrected chi connectivity index (χ1v) is 7.68. The van der Waals surface area contributed by atoms with E-state index in [1.165, 1.54) is 18.4 Å². The Balaban J connectivity index is 1.79. The lowest BCUT2D eigenvalue weighted by atomic mass is 10.0. The lowest BCUT2D eigenvalue weighted by Gasteiger charge is -2.25. The molecule has 1 saturated heterocycles. The largest absolute Gasteiger partial charge is 0.497 e. The Morgan fingerprint density at radius 3 is 2.68 bits per heavy atom. The molecule has 3 rings (SSSR count). The highest BCUT2D eigenvalue weighted by molar-refractivity contribution is 5.37. The molecule has 112 valence electrons. The van der Waals surface area contributed by atoms with Gasteiger partial charge in [0.05, 0.1) is 18.7 Å². The number of hydrogen-bond acceptors (Lipinski definition) is 3. The summed E-state index contributed by atoms with van der Waals surface area (Å²) in [6.45, 7) is 1.91. The van der Waals surface area contributed by atoms with Crippen LogP contribution in [0, 0.1) is 11.3 Å². The highest BCUT2D eigenvalue weighted by Gasteiger charge is 2.26. The minimum absolute atomic E-state index is 0.428. The van der Waals surface area contributed by atoms with E-state index in [4.69, 9.17) is 4.74 Å². The molecular weight excluding hydrogens is 272 g/mol. The molecule has 1 aliphatic heterocycles. The molecule has 0 amide bonds. The van der Waals surface area contributed by atoms with Crippen LogP contribution in [0.2, 0.25) is 0 Å². The second-order valence-corrected chi connectivity index (χ2v) is 5.67. The van der Waals surface area contributed by atoms with E-state index in [0.717, 1.165) is 30.0 Å². The first-order valence-electron chi connectivity index (χ1n) is 7.68. The molecule has 1 aliphatic rings. The lowest BCUT2D eigenvalue weighted by molar-refractivity contribution is 0.248. The molecule has 0 radical (unpaired) electrons. The molecule has 0 spiro atoms. The number of hydrogen-bond donors (Lipinski definition) is 0. The summed E-state index contributed by atoms with van der Waals surface area (Å²) in [4.78, 5) is 2.47. The van der Waals surface area contributed by atoms with Gasteiger partial charge in [0.15, 0.2) is 0 Å². The number of nitrogens with zero attached hydrogens (tertiary/aromatic N) is 2. The topological polar surface area (TPSA) is 36.3 Å². The molecular formula is C19H20N2O. The molecule has 0 aliphatic carbocycles. The maximum Gasteiger partial charge on any atom is 0.118 e. The summed E-state index contributed by atoms with van der Waals surface area (Å²) >= 11 is 0. The van der Waals surface area contributed by atoms with Crippen molar-refractivity contribution in [2.24, 2.45) is 0 Å². The van der Waals surface area contributed by atoms with Crippen LogP contribution in [-0.2, 0) is 6.54 Å². The van der Waals surface area contributed by atoms with E-state index >= 15 is 0 Å². The molecule has 1 fully saturated rings. The standard InChI is InChI=1S/C19H20N2O/c1-22-18-10-8-15(9-11-18)19-7-4-12-21(19)14-17-6-3-2-5-16(17)13-20/h2-3,5-6,8-11,19H,4,7,12,14H2,1H3/t19-/m0/s1. The molecule has 22 heavy (non-hydrogen) atoms. The van der Waals surface area contributed by atoms with Crippen molar-refractivity contribution < 1.29 is 4.74 Å². The summed E-state index contributed by atoms with van der Waals surface area (Å²) in [7, 11) is 1.69. The fourth-order valence-electron chi connectivity index (χ4n) is 3.20. The Morgan fingerprint density at radius 1 is 1.18 bits per heavy atom. The second kappa shape index (κ2) is 6.64. The molecule has 1 atom stereocenters. The van der Waals surface area contributed by atoms with Crippen LogP contribution in [0.4, 0.5) is 0 Å². The number of likely N-dealkylation sites (tertiary alicyclic amines) is 1. The predicted molar refractivity (Wildman–Crippen MR) is 86.5 cm³/mol. The smallest absolute Gasteiger partial charge is 0.118 e. The lowest BCUT2D eigenvalue weighted by Crippen LogP contribution is -2.23. The van der Waals surface area contributed by atoms with Crippen LogP contribution >= 0.6 is 0 Å². The number of rotatable bonds is 4. The molecule has 0 N–H and O–H groups in total. The molecule has 1 heterocycles. The van der Waals surface area contributed by atoms with Gasteiger partial charge < -0.3 is 4.74 Å². The van der Waals surface area contributed by atoms with E-state index in [-0.39, 0.29) is 0 Å². The maximum atomic E-state index is 9.25. The van der Waals surface area contributed by atoms with E-state index in [0.29, 0.717) is 6.04 Å². The van der Waals surface area contributed by atoms with E-state index < -0.39 is 0 Å². The van der Waals surface area contributed by atoms with Crippen LogP contribution in [0.25, 0.3) is 0 Å². The van der Waals surface area contributed by atoms with Gasteiger partial charge in [-0.3, -0.25) is 4.90 Å². The second-order valence-electron chi connectivity index (χ2n) is 5.67. The van der Waals surface area contributed by atoms with Crippen LogP contribution in [0.15, 0.2) is 48.5 Å². The third kappa shape index (κ3) is 2.98. The predicted octanol–water partition coefficient (Wildman–Crippen LogP) is 3.90. The average Bonchev–Trinajstić information content (AvgIpc) is 3.03. The van der Waals surface area contributed by atoms with Crippen LogP contribution in [-0.4, -0.2) is 18.6 Å². The van der Waals surface area contributed by atoms with Gasteiger partial charge >= 0.3 is 0 Å². The summed E-state index contributed by atoms with van der Waals surface area (Å²) in [5.41, 5.74) is 3.22. The van der Waals surface area contributed by atoms with Gasteiger partial charge in [0.25, 0.3) is 0 Å². The van der Waals surface area contributed by atoms with Gasteiger partial charge in [-0.2, -0.15) is 5.26 Å². The fraction of sp³-hybridized carbons (Fsp3) is 0.316. The van der Waals surface area contributed by atoms with Crippen molar-refractivity contribution >= 4 is 0 Å². The van der Waals surface area contributed by atoms with Gasteiger partial charge in [0.2, 0.25) is 0 Å². The van der Waals surface area contributed by atoms with Crippen molar-refractivity contribution in [3.8, 4) is 11.8 Å². The van der Waals surface area contributed by atoms with E-state index in [1.54, 1.807) is 7.11 Å². The highest BCUT2D eigenvalue weighted by Crippen LogP contribution is 2.34. The molecule has 0 bridgehead atoms. The van der Waals surface area contributed by atoms with Gasteiger partial charge in [-0.15, -0.1) is 0 Å². The Morgan fingerprint density at radius 2 is 1.95 bits per heavy atom.